The minimum absolute atomic E-state index is 0.000613. The van der Waals surface area contributed by atoms with Gasteiger partial charge in [-0.25, -0.2) is 8.42 Å². The molecule has 1 atom stereocenters. The molecule has 7 heteroatoms. The van der Waals surface area contributed by atoms with Crippen LogP contribution in [0, 0.1) is 0 Å². The lowest BCUT2D eigenvalue weighted by Crippen LogP contribution is -2.36. The van der Waals surface area contributed by atoms with Crippen molar-refractivity contribution in [2.75, 3.05) is 11.5 Å². The van der Waals surface area contributed by atoms with Gasteiger partial charge in [-0.3, -0.25) is 9.59 Å². The van der Waals surface area contributed by atoms with Crippen LogP contribution in [0.15, 0.2) is 24.3 Å². The first-order valence-corrected chi connectivity index (χ1v) is 11.2. The van der Waals surface area contributed by atoms with E-state index in [1.807, 2.05) is 0 Å². The fraction of sp³-hybridized carbons (Fsp3) is 0.579. The van der Waals surface area contributed by atoms with E-state index in [0.717, 1.165) is 25.7 Å². The summed E-state index contributed by atoms with van der Waals surface area (Å²) in [5, 5.41) is 5.84. The van der Waals surface area contributed by atoms with Gasteiger partial charge in [-0.15, -0.1) is 0 Å². The lowest BCUT2D eigenvalue weighted by atomic mass is 10.1. The molecule has 142 valence electrons. The summed E-state index contributed by atoms with van der Waals surface area (Å²) in [6.07, 6.45) is 7.28. The summed E-state index contributed by atoms with van der Waals surface area (Å²) in [7, 11) is -3.03. The van der Waals surface area contributed by atoms with Crippen LogP contribution >= 0.6 is 0 Å². The maximum absolute atomic E-state index is 12.4. The number of nitrogens with one attached hydrogen (secondary N) is 2. The van der Waals surface area contributed by atoms with E-state index in [2.05, 4.69) is 10.6 Å². The standard InChI is InChI=1S/C19H26N2O4S/c22-18(20-16-5-3-1-2-4-6-16)14-7-9-15(10-8-14)19(23)21-17-11-12-26(24,25)13-17/h7-10,16-17H,1-6,11-13H2,(H,20,22)(H,21,23). The SMILES string of the molecule is O=C(NC1CCCCCC1)c1ccc(C(=O)NC2CCS(=O)(=O)C2)cc1. The van der Waals surface area contributed by atoms with Gasteiger partial charge in [0.2, 0.25) is 0 Å². The van der Waals surface area contributed by atoms with Crippen LogP contribution in [-0.2, 0) is 9.84 Å². The average Bonchev–Trinajstić information content (AvgIpc) is 2.80. The predicted molar refractivity (Wildman–Crippen MR) is 99.9 cm³/mol. The van der Waals surface area contributed by atoms with Gasteiger partial charge in [0.05, 0.1) is 11.5 Å². The summed E-state index contributed by atoms with van der Waals surface area (Å²) in [4.78, 5) is 24.6. The highest BCUT2D eigenvalue weighted by Crippen LogP contribution is 2.18. The lowest BCUT2D eigenvalue weighted by Gasteiger charge is -2.16. The molecule has 1 unspecified atom stereocenters. The first-order chi connectivity index (χ1) is 12.4. The van der Waals surface area contributed by atoms with Crippen molar-refractivity contribution in [1.29, 1.82) is 0 Å². The number of rotatable bonds is 4. The van der Waals surface area contributed by atoms with Crippen LogP contribution in [-0.4, -0.2) is 43.8 Å². The van der Waals surface area contributed by atoms with Crippen LogP contribution in [0.3, 0.4) is 0 Å². The molecule has 2 fully saturated rings. The van der Waals surface area contributed by atoms with Gasteiger partial charge in [0, 0.05) is 23.2 Å². The van der Waals surface area contributed by atoms with Crippen LogP contribution < -0.4 is 10.6 Å². The van der Waals surface area contributed by atoms with Crippen molar-refractivity contribution in [2.24, 2.45) is 0 Å². The number of sulfone groups is 1. The third-order valence-electron chi connectivity index (χ3n) is 5.17. The molecule has 1 aliphatic heterocycles. The van der Waals surface area contributed by atoms with Crippen LogP contribution in [0.1, 0.15) is 65.7 Å². The quantitative estimate of drug-likeness (QED) is 0.785. The van der Waals surface area contributed by atoms with Crippen LogP contribution in [0.2, 0.25) is 0 Å². The highest BCUT2D eigenvalue weighted by molar-refractivity contribution is 7.91. The molecule has 1 saturated carbocycles. The van der Waals surface area contributed by atoms with Gasteiger partial charge >= 0.3 is 0 Å². The zero-order valence-corrected chi connectivity index (χ0v) is 15.7. The third kappa shape index (κ3) is 5.06. The van der Waals surface area contributed by atoms with Gasteiger partial charge in [-0.2, -0.15) is 0 Å². The maximum Gasteiger partial charge on any atom is 0.251 e. The van der Waals surface area contributed by atoms with Gasteiger partial charge in [-0.1, -0.05) is 25.7 Å². The number of hydrogen-bond acceptors (Lipinski definition) is 4. The highest BCUT2D eigenvalue weighted by Gasteiger charge is 2.29. The molecule has 1 aliphatic carbocycles. The Bertz CT molecular complexity index is 750. The number of carbonyl (C=O) groups excluding carboxylic acids is 2. The van der Waals surface area contributed by atoms with Crippen LogP contribution in [0.4, 0.5) is 0 Å². The summed E-state index contributed by atoms with van der Waals surface area (Å²) in [6.45, 7) is 0. The lowest BCUT2D eigenvalue weighted by molar-refractivity contribution is 0.0924. The highest BCUT2D eigenvalue weighted by atomic mass is 32.2. The molecule has 3 rings (SSSR count). The van der Waals surface area contributed by atoms with E-state index in [1.165, 1.54) is 12.8 Å². The zero-order valence-electron chi connectivity index (χ0n) is 14.9. The summed E-state index contributed by atoms with van der Waals surface area (Å²) in [6, 6.07) is 6.42. The van der Waals surface area contributed by atoms with Crippen molar-refractivity contribution in [3.05, 3.63) is 35.4 Å². The van der Waals surface area contributed by atoms with E-state index in [-0.39, 0.29) is 35.4 Å². The fourth-order valence-corrected chi connectivity index (χ4v) is 5.32. The Balaban J connectivity index is 1.55. The topological polar surface area (TPSA) is 92.3 Å². The van der Waals surface area contributed by atoms with Crippen molar-refractivity contribution in [3.8, 4) is 0 Å². The second-order valence-corrected chi connectivity index (χ2v) is 9.54. The van der Waals surface area contributed by atoms with Crippen molar-refractivity contribution in [3.63, 3.8) is 0 Å². The first-order valence-electron chi connectivity index (χ1n) is 9.35. The third-order valence-corrected chi connectivity index (χ3v) is 6.94. The molecule has 1 aromatic rings. The molecule has 0 spiro atoms. The van der Waals surface area contributed by atoms with E-state index in [0.29, 0.717) is 17.5 Å². The molecule has 0 radical (unpaired) electrons. The Morgan fingerprint density at radius 3 is 1.73 bits per heavy atom. The van der Waals surface area contributed by atoms with E-state index in [1.54, 1.807) is 24.3 Å². The predicted octanol–water partition coefficient (Wildman–Crippen LogP) is 2.06. The Labute approximate surface area is 154 Å². The molecule has 6 nitrogen and oxygen atoms in total. The summed E-state index contributed by atoms with van der Waals surface area (Å²) in [5.41, 5.74) is 0.967. The number of benzene rings is 1. The van der Waals surface area contributed by atoms with E-state index in [4.69, 9.17) is 0 Å². The molecule has 26 heavy (non-hydrogen) atoms. The van der Waals surface area contributed by atoms with E-state index >= 15 is 0 Å². The molecule has 1 aromatic carbocycles. The van der Waals surface area contributed by atoms with Crippen molar-refractivity contribution < 1.29 is 18.0 Å². The number of carbonyl (C=O) groups is 2. The van der Waals surface area contributed by atoms with Gasteiger partial charge in [-0.05, 0) is 43.5 Å². The molecule has 2 aliphatic rings. The van der Waals surface area contributed by atoms with Crippen molar-refractivity contribution >= 4 is 21.7 Å². The van der Waals surface area contributed by atoms with E-state index in [9.17, 15) is 18.0 Å². The molecule has 0 aromatic heterocycles. The normalized spacial score (nSPS) is 23.2. The molecule has 2 N–H and O–H groups in total. The molecule has 1 heterocycles. The Morgan fingerprint density at radius 1 is 0.769 bits per heavy atom. The second-order valence-electron chi connectivity index (χ2n) is 7.31. The first kappa shape index (κ1) is 18.9. The Hall–Kier alpha value is -1.89. The number of amides is 2. The smallest absolute Gasteiger partial charge is 0.251 e. The average molecular weight is 378 g/mol. The summed E-state index contributed by atoms with van der Waals surface area (Å²) < 4.78 is 22.9. The monoisotopic (exact) mass is 378 g/mol. The second kappa shape index (κ2) is 8.20. The maximum atomic E-state index is 12.4. The molecule has 0 bridgehead atoms. The molecule has 1 saturated heterocycles. The zero-order chi connectivity index (χ0) is 18.6. The molecule has 2 amide bonds. The van der Waals surface area contributed by atoms with Gasteiger partial charge in [0.15, 0.2) is 9.84 Å². The minimum atomic E-state index is -3.03. The molecular formula is C19H26N2O4S. The van der Waals surface area contributed by atoms with Crippen LogP contribution in [0.5, 0.6) is 0 Å². The van der Waals surface area contributed by atoms with Crippen molar-refractivity contribution in [1.82, 2.24) is 10.6 Å². The van der Waals surface area contributed by atoms with Gasteiger partial charge < -0.3 is 10.6 Å². The molecular weight excluding hydrogens is 352 g/mol. The fourth-order valence-electron chi connectivity index (χ4n) is 3.64. The number of hydrogen-bond donors (Lipinski definition) is 2. The Morgan fingerprint density at radius 2 is 1.27 bits per heavy atom. The van der Waals surface area contributed by atoms with Crippen LogP contribution in [0.25, 0.3) is 0 Å². The van der Waals surface area contributed by atoms with Crippen molar-refractivity contribution in [2.45, 2.75) is 57.0 Å². The Kier molecular flexibility index (Phi) is 5.96. The van der Waals surface area contributed by atoms with Gasteiger partial charge in [0.1, 0.15) is 0 Å². The van der Waals surface area contributed by atoms with E-state index < -0.39 is 9.84 Å². The minimum Gasteiger partial charge on any atom is -0.349 e. The summed E-state index contributed by atoms with van der Waals surface area (Å²) >= 11 is 0. The van der Waals surface area contributed by atoms with Gasteiger partial charge in [0.25, 0.3) is 11.8 Å². The summed E-state index contributed by atoms with van der Waals surface area (Å²) in [5.74, 6) is -0.285. The largest absolute Gasteiger partial charge is 0.349 e.